The summed E-state index contributed by atoms with van der Waals surface area (Å²) in [6.45, 7) is 4.97. The van der Waals surface area contributed by atoms with Crippen LogP contribution >= 0.6 is 0 Å². The van der Waals surface area contributed by atoms with Gasteiger partial charge >= 0.3 is 0 Å². The number of nitrogens with one attached hydrogen (secondary N) is 1. The Hall–Kier alpha value is -3.91. The van der Waals surface area contributed by atoms with Crippen LogP contribution in [0.5, 0.6) is 0 Å². The molecule has 3 heterocycles. The number of benzene rings is 2. The van der Waals surface area contributed by atoms with E-state index in [1.54, 1.807) is 18.2 Å². The van der Waals surface area contributed by atoms with Gasteiger partial charge in [-0.05, 0) is 30.9 Å². The number of carbonyl (C=O) groups is 1. The van der Waals surface area contributed by atoms with Gasteiger partial charge in [0.15, 0.2) is 5.58 Å². The highest BCUT2D eigenvalue weighted by Crippen LogP contribution is 2.26. The van der Waals surface area contributed by atoms with Gasteiger partial charge in [-0.25, -0.2) is 0 Å². The highest BCUT2D eigenvalue weighted by molar-refractivity contribution is 5.97. The number of hydrogen-bond acceptors (Lipinski definition) is 5. The molecule has 1 amide bonds. The van der Waals surface area contributed by atoms with E-state index in [0.29, 0.717) is 17.8 Å². The lowest BCUT2D eigenvalue weighted by molar-refractivity contribution is -0.384. The number of nitrogens with zero attached hydrogens (tertiary/aromatic N) is 3. The van der Waals surface area contributed by atoms with E-state index in [1.165, 1.54) is 11.6 Å². The molecule has 8 heteroatoms. The Labute approximate surface area is 203 Å². The zero-order chi connectivity index (χ0) is 24.4. The average Bonchev–Trinajstić information content (AvgIpc) is 3.38. The van der Waals surface area contributed by atoms with Crippen LogP contribution in [0.25, 0.3) is 11.1 Å². The number of carbonyl (C=O) groups excluding carboxylic acids is 1. The molecule has 5 rings (SSSR count). The van der Waals surface area contributed by atoms with Crippen LogP contribution < -0.4 is 5.32 Å². The molecule has 1 aliphatic rings. The fourth-order valence-electron chi connectivity index (χ4n) is 4.81. The third-order valence-corrected chi connectivity index (χ3v) is 6.58. The number of nitro groups is 1. The Morgan fingerprint density at radius 3 is 2.51 bits per heavy atom. The molecule has 8 nitrogen and oxygen atoms in total. The largest absolute Gasteiger partial charge is 0.460 e. The summed E-state index contributed by atoms with van der Waals surface area (Å²) in [5, 5.41) is 14.4. The fraction of sp³-hybridized carbons (Fsp3) is 0.296. The van der Waals surface area contributed by atoms with E-state index in [2.05, 4.69) is 34.5 Å². The van der Waals surface area contributed by atoms with Crippen molar-refractivity contribution in [3.63, 3.8) is 0 Å². The predicted molar refractivity (Wildman–Crippen MR) is 133 cm³/mol. The first kappa shape index (κ1) is 22.9. The van der Waals surface area contributed by atoms with Crippen LogP contribution in [0.3, 0.4) is 0 Å². The Balaban J connectivity index is 1.30. The summed E-state index contributed by atoms with van der Waals surface area (Å²) in [4.78, 5) is 26.5. The number of aromatic nitrogens is 1. The van der Waals surface area contributed by atoms with Crippen LogP contribution in [0.15, 0.2) is 71.1 Å². The van der Waals surface area contributed by atoms with Crippen LogP contribution in [-0.2, 0) is 13.1 Å². The number of amides is 1. The molecule has 2 aromatic heterocycles. The molecule has 4 aromatic rings. The van der Waals surface area contributed by atoms with Crippen LogP contribution in [-0.4, -0.2) is 39.4 Å². The number of rotatable bonds is 7. The molecule has 0 bridgehead atoms. The molecular weight excluding hydrogens is 444 g/mol. The first-order valence-electron chi connectivity index (χ1n) is 11.9. The van der Waals surface area contributed by atoms with E-state index in [9.17, 15) is 14.9 Å². The van der Waals surface area contributed by atoms with Gasteiger partial charge in [0, 0.05) is 56.5 Å². The van der Waals surface area contributed by atoms with Gasteiger partial charge in [0.05, 0.1) is 10.4 Å². The van der Waals surface area contributed by atoms with Crippen molar-refractivity contribution in [1.82, 2.24) is 14.8 Å². The summed E-state index contributed by atoms with van der Waals surface area (Å²) >= 11 is 0. The fourth-order valence-corrected chi connectivity index (χ4v) is 4.81. The zero-order valence-corrected chi connectivity index (χ0v) is 19.6. The summed E-state index contributed by atoms with van der Waals surface area (Å²) in [6.07, 6.45) is 1.78. The Kier molecular flexibility index (Phi) is 6.37. The summed E-state index contributed by atoms with van der Waals surface area (Å²) in [6, 6.07) is 20.7. The van der Waals surface area contributed by atoms with Crippen LogP contribution in [0.2, 0.25) is 0 Å². The number of non-ortho nitro benzene ring substituents is 1. The maximum atomic E-state index is 13.3. The molecule has 0 radical (unpaired) electrons. The second-order valence-electron chi connectivity index (χ2n) is 9.16. The van der Waals surface area contributed by atoms with Crippen molar-refractivity contribution in [2.75, 3.05) is 13.1 Å². The van der Waals surface area contributed by atoms with Crippen LogP contribution in [0, 0.1) is 17.0 Å². The molecule has 1 saturated heterocycles. The van der Waals surface area contributed by atoms with Crippen molar-refractivity contribution in [3.05, 3.63) is 99.4 Å². The van der Waals surface area contributed by atoms with Gasteiger partial charge in [0.1, 0.15) is 11.5 Å². The maximum absolute atomic E-state index is 13.3. The number of nitro benzene ring substituents is 1. The quantitative estimate of drug-likeness (QED) is 0.305. The van der Waals surface area contributed by atoms with E-state index in [1.807, 2.05) is 29.7 Å². The maximum Gasteiger partial charge on any atom is 0.269 e. The van der Waals surface area contributed by atoms with E-state index in [4.69, 9.17) is 4.42 Å². The van der Waals surface area contributed by atoms with E-state index in [-0.39, 0.29) is 17.6 Å². The molecule has 0 saturated carbocycles. The Morgan fingerprint density at radius 1 is 1.03 bits per heavy atom. The van der Waals surface area contributed by atoms with Gasteiger partial charge in [0.25, 0.3) is 11.6 Å². The molecule has 2 aromatic carbocycles. The Bertz CT molecular complexity index is 1350. The lowest BCUT2D eigenvalue weighted by Crippen LogP contribution is -2.44. The predicted octanol–water partition coefficient (Wildman–Crippen LogP) is 4.89. The number of aryl methyl sites for hydroxylation is 1. The standard InChI is InChI=1S/C27H28N4O4/c1-19-14-24-26(35-19)16-25(30(24)18-21-8-5-9-23(15-21)31(33)34)27(32)28-22-10-12-29(13-11-22)17-20-6-3-2-4-7-20/h2-9,14-16,22H,10-13,17-18H2,1H3,(H,28,32). The number of likely N-dealkylation sites (tertiary alicyclic amines) is 1. The van der Waals surface area contributed by atoms with Crippen molar-refractivity contribution in [2.24, 2.45) is 0 Å². The van der Waals surface area contributed by atoms with Gasteiger partial charge in [0.2, 0.25) is 0 Å². The molecule has 1 aliphatic heterocycles. The zero-order valence-electron chi connectivity index (χ0n) is 19.6. The monoisotopic (exact) mass is 472 g/mol. The summed E-state index contributed by atoms with van der Waals surface area (Å²) < 4.78 is 7.66. The summed E-state index contributed by atoms with van der Waals surface area (Å²) in [5.41, 5.74) is 4.01. The summed E-state index contributed by atoms with van der Waals surface area (Å²) in [5.74, 6) is 0.599. The lowest BCUT2D eigenvalue weighted by atomic mass is 10.0. The van der Waals surface area contributed by atoms with Gasteiger partial charge in [-0.3, -0.25) is 19.8 Å². The third kappa shape index (κ3) is 5.12. The minimum Gasteiger partial charge on any atom is -0.460 e. The van der Waals surface area contributed by atoms with E-state index >= 15 is 0 Å². The van der Waals surface area contributed by atoms with Crippen molar-refractivity contribution in [1.29, 1.82) is 0 Å². The second-order valence-corrected chi connectivity index (χ2v) is 9.16. The van der Waals surface area contributed by atoms with Gasteiger partial charge in [-0.2, -0.15) is 0 Å². The minimum absolute atomic E-state index is 0.0301. The molecule has 35 heavy (non-hydrogen) atoms. The molecule has 0 atom stereocenters. The molecular formula is C27H28N4O4. The molecule has 1 N–H and O–H groups in total. The molecule has 1 fully saturated rings. The third-order valence-electron chi connectivity index (χ3n) is 6.58. The Morgan fingerprint density at radius 2 is 1.77 bits per heavy atom. The molecule has 0 aliphatic carbocycles. The molecule has 180 valence electrons. The first-order chi connectivity index (χ1) is 17.0. The highest BCUT2D eigenvalue weighted by Gasteiger charge is 2.24. The number of furan rings is 1. The van der Waals surface area contributed by atoms with Crippen molar-refractivity contribution in [2.45, 2.75) is 38.9 Å². The van der Waals surface area contributed by atoms with Crippen LogP contribution in [0.1, 0.15) is 40.2 Å². The minimum atomic E-state index is -0.408. The first-order valence-corrected chi connectivity index (χ1v) is 11.9. The lowest BCUT2D eigenvalue weighted by Gasteiger charge is -2.32. The van der Waals surface area contributed by atoms with Crippen molar-refractivity contribution in [3.8, 4) is 0 Å². The van der Waals surface area contributed by atoms with Gasteiger partial charge in [-0.1, -0.05) is 42.5 Å². The smallest absolute Gasteiger partial charge is 0.269 e. The van der Waals surface area contributed by atoms with Crippen molar-refractivity contribution < 1.29 is 14.1 Å². The topological polar surface area (TPSA) is 93.5 Å². The van der Waals surface area contributed by atoms with Crippen LogP contribution in [0.4, 0.5) is 5.69 Å². The van der Waals surface area contributed by atoms with Crippen molar-refractivity contribution >= 4 is 22.7 Å². The normalized spacial score (nSPS) is 14.9. The molecule has 0 spiro atoms. The number of piperidine rings is 1. The number of fused-ring (bicyclic) bond motifs is 1. The average molecular weight is 473 g/mol. The SMILES string of the molecule is Cc1cc2c(cc(C(=O)NC3CCN(Cc4ccccc4)CC3)n2Cc2cccc([N+](=O)[O-])c2)o1. The summed E-state index contributed by atoms with van der Waals surface area (Å²) in [7, 11) is 0. The second kappa shape index (κ2) is 9.76. The number of hydrogen-bond donors (Lipinski definition) is 1. The molecule has 0 unspecified atom stereocenters. The van der Waals surface area contributed by atoms with E-state index in [0.717, 1.165) is 49.3 Å². The van der Waals surface area contributed by atoms with Gasteiger partial charge in [-0.15, -0.1) is 0 Å². The highest BCUT2D eigenvalue weighted by atomic mass is 16.6. The van der Waals surface area contributed by atoms with E-state index < -0.39 is 4.92 Å². The van der Waals surface area contributed by atoms with Gasteiger partial charge < -0.3 is 14.3 Å².